The van der Waals surface area contributed by atoms with Crippen LogP contribution in [0.3, 0.4) is 0 Å². The molecule has 0 aromatic rings. The minimum absolute atomic E-state index is 0.867. The van der Waals surface area contributed by atoms with Crippen LogP contribution in [0.25, 0.3) is 0 Å². The lowest BCUT2D eigenvalue weighted by molar-refractivity contribution is 0.420. The summed E-state index contributed by atoms with van der Waals surface area (Å²) in [6.45, 7) is 3.15. The highest BCUT2D eigenvalue weighted by atomic mass is 16.5. The highest BCUT2D eigenvalue weighted by molar-refractivity contribution is 5.45. The first-order valence-electron chi connectivity index (χ1n) is 5.65. The lowest BCUT2D eigenvalue weighted by Gasteiger charge is -2.09. The Hall–Kier alpha value is -0.570. The van der Waals surface area contributed by atoms with Crippen molar-refractivity contribution in [3.63, 3.8) is 0 Å². The first kappa shape index (κ1) is 11.5. The standard InChI is InChI=1S/C11H22N2O/c1-14-10-13-8-4-7-12-9-11-5-2-3-6-11/h10-12H,2-9H2,1H3. The van der Waals surface area contributed by atoms with Crippen LogP contribution in [0.2, 0.25) is 0 Å². The number of rotatable bonds is 7. The fraction of sp³-hybridized carbons (Fsp3) is 0.909. The van der Waals surface area contributed by atoms with Crippen LogP contribution in [0, 0.1) is 5.92 Å². The second-order valence-electron chi connectivity index (χ2n) is 3.96. The maximum Gasteiger partial charge on any atom is 0.168 e. The van der Waals surface area contributed by atoms with Crippen molar-refractivity contribution in [1.29, 1.82) is 0 Å². The summed E-state index contributed by atoms with van der Waals surface area (Å²) in [6.07, 6.45) is 8.34. The van der Waals surface area contributed by atoms with E-state index in [1.807, 2.05) is 0 Å². The SMILES string of the molecule is COC=NCCCNCC1CCCC1. The van der Waals surface area contributed by atoms with Crippen LogP contribution in [0.15, 0.2) is 4.99 Å². The number of hydrogen-bond donors (Lipinski definition) is 1. The van der Waals surface area contributed by atoms with Gasteiger partial charge >= 0.3 is 0 Å². The minimum Gasteiger partial charge on any atom is -0.487 e. The number of nitrogens with zero attached hydrogens (tertiary/aromatic N) is 1. The van der Waals surface area contributed by atoms with Gasteiger partial charge < -0.3 is 10.1 Å². The van der Waals surface area contributed by atoms with E-state index in [1.54, 1.807) is 7.11 Å². The third kappa shape index (κ3) is 5.22. The van der Waals surface area contributed by atoms with Crippen molar-refractivity contribution >= 4 is 6.40 Å². The number of hydrogen-bond acceptors (Lipinski definition) is 3. The summed E-state index contributed by atoms with van der Waals surface area (Å²) >= 11 is 0. The molecule has 3 heteroatoms. The molecular weight excluding hydrogens is 176 g/mol. The highest BCUT2D eigenvalue weighted by Gasteiger charge is 2.13. The first-order valence-corrected chi connectivity index (χ1v) is 5.65. The summed E-state index contributed by atoms with van der Waals surface area (Å²) in [7, 11) is 1.63. The molecule has 0 radical (unpaired) electrons. The molecule has 0 unspecified atom stereocenters. The summed E-state index contributed by atoms with van der Waals surface area (Å²) in [5.41, 5.74) is 0. The average molecular weight is 198 g/mol. The molecule has 0 aliphatic heterocycles. The molecule has 14 heavy (non-hydrogen) atoms. The number of methoxy groups -OCH3 is 1. The zero-order chi connectivity index (χ0) is 10.1. The molecule has 1 fully saturated rings. The first-order chi connectivity index (χ1) is 6.93. The van der Waals surface area contributed by atoms with E-state index in [2.05, 4.69) is 10.3 Å². The van der Waals surface area contributed by atoms with Gasteiger partial charge in [-0.1, -0.05) is 12.8 Å². The normalized spacial score (nSPS) is 18.1. The molecule has 1 aliphatic carbocycles. The Morgan fingerprint density at radius 3 is 2.93 bits per heavy atom. The highest BCUT2D eigenvalue weighted by Crippen LogP contribution is 2.23. The number of nitrogens with one attached hydrogen (secondary N) is 1. The van der Waals surface area contributed by atoms with Crippen molar-refractivity contribution in [1.82, 2.24) is 5.32 Å². The minimum atomic E-state index is 0.867. The predicted octanol–water partition coefficient (Wildman–Crippen LogP) is 1.83. The van der Waals surface area contributed by atoms with Gasteiger partial charge in [0.1, 0.15) is 0 Å². The molecule has 3 nitrogen and oxygen atoms in total. The van der Waals surface area contributed by atoms with Crippen molar-refractivity contribution in [2.75, 3.05) is 26.7 Å². The van der Waals surface area contributed by atoms with Gasteiger partial charge in [0, 0.05) is 6.54 Å². The summed E-state index contributed by atoms with van der Waals surface area (Å²) in [6, 6.07) is 0. The Morgan fingerprint density at radius 2 is 2.21 bits per heavy atom. The molecule has 1 aliphatic rings. The van der Waals surface area contributed by atoms with E-state index in [-0.39, 0.29) is 0 Å². The van der Waals surface area contributed by atoms with Crippen LogP contribution in [0.1, 0.15) is 32.1 Å². The molecule has 0 aromatic carbocycles. The summed E-state index contributed by atoms with van der Waals surface area (Å²) in [5, 5.41) is 3.49. The molecule has 0 amide bonds. The van der Waals surface area contributed by atoms with Gasteiger partial charge in [0.15, 0.2) is 6.40 Å². The van der Waals surface area contributed by atoms with E-state index in [4.69, 9.17) is 4.74 Å². The van der Waals surface area contributed by atoms with Crippen LogP contribution in [-0.4, -0.2) is 33.1 Å². The zero-order valence-corrected chi connectivity index (χ0v) is 9.17. The second kappa shape index (κ2) is 7.80. The molecule has 1 rings (SSSR count). The molecule has 0 spiro atoms. The van der Waals surface area contributed by atoms with Crippen LogP contribution in [0.4, 0.5) is 0 Å². The Labute approximate surface area is 86.9 Å². The maximum atomic E-state index is 4.72. The van der Waals surface area contributed by atoms with Crippen molar-refractivity contribution in [3.05, 3.63) is 0 Å². The average Bonchev–Trinajstić information content (AvgIpc) is 2.69. The maximum absolute atomic E-state index is 4.72. The Morgan fingerprint density at radius 1 is 1.43 bits per heavy atom. The van der Waals surface area contributed by atoms with Crippen LogP contribution >= 0.6 is 0 Å². The van der Waals surface area contributed by atoms with Crippen LogP contribution in [0.5, 0.6) is 0 Å². The lowest BCUT2D eigenvalue weighted by Crippen LogP contribution is -2.22. The zero-order valence-electron chi connectivity index (χ0n) is 9.17. The molecular formula is C11H22N2O. The van der Waals surface area contributed by atoms with E-state index in [9.17, 15) is 0 Å². The third-order valence-corrected chi connectivity index (χ3v) is 2.73. The Balaban J connectivity index is 1.81. The van der Waals surface area contributed by atoms with E-state index < -0.39 is 0 Å². The Bertz CT molecular complexity index is 153. The fourth-order valence-electron chi connectivity index (χ4n) is 1.94. The van der Waals surface area contributed by atoms with E-state index in [0.717, 1.165) is 25.4 Å². The van der Waals surface area contributed by atoms with Crippen molar-refractivity contribution < 1.29 is 4.74 Å². The van der Waals surface area contributed by atoms with Gasteiger partial charge in [0.2, 0.25) is 0 Å². The quantitative estimate of drug-likeness (QED) is 0.385. The molecule has 0 atom stereocenters. The van der Waals surface area contributed by atoms with Crippen LogP contribution in [-0.2, 0) is 4.74 Å². The molecule has 1 N–H and O–H groups in total. The van der Waals surface area contributed by atoms with Gasteiger partial charge in [-0.25, -0.2) is 0 Å². The molecule has 82 valence electrons. The smallest absolute Gasteiger partial charge is 0.168 e. The summed E-state index contributed by atoms with van der Waals surface area (Å²) in [4.78, 5) is 4.07. The molecule has 0 heterocycles. The molecule has 0 aromatic heterocycles. The van der Waals surface area contributed by atoms with Gasteiger partial charge in [-0.3, -0.25) is 4.99 Å². The van der Waals surface area contributed by atoms with Crippen molar-refractivity contribution in [3.8, 4) is 0 Å². The monoisotopic (exact) mass is 198 g/mol. The number of ether oxygens (including phenoxy) is 1. The van der Waals surface area contributed by atoms with Gasteiger partial charge in [0.25, 0.3) is 0 Å². The Kier molecular flexibility index (Phi) is 6.41. The summed E-state index contributed by atoms with van der Waals surface area (Å²) < 4.78 is 4.72. The molecule has 1 saturated carbocycles. The third-order valence-electron chi connectivity index (χ3n) is 2.73. The molecule has 0 saturated heterocycles. The second-order valence-corrected chi connectivity index (χ2v) is 3.96. The van der Waals surface area contributed by atoms with E-state index >= 15 is 0 Å². The van der Waals surface area contributed by atoms with E-state index in [0.29, 0.717) is 0 Å². The summed E-state index contributed by atoms with van der Waals surface area (Å²) in [5.74, 6) is 0.942. The largest absolute Gasteiger partial charge is 0.487 e. The van der Waals surface area contributed by atoms with Gasteiger partial charge in [-0.2, -0.15) is 0 Å². The predicted molar refractivity (Wildman–Crippen MR) is 59.8 cm³/mol. The van der Waals surface area contributed by atoms with Gasteiger partial charge in [-0.05, 0) is 38.3 Å². The van der Waals surface area contributed by atoms with Crippen LogP contribution < -0.4 is 5.32 Å². The molecule has 0 bridgehead atoms. The number of aliphatic imine (C=N–C) groups is 1. The van der Waals surface area contributed by atoms with Gasteiger partial charge in [0.05, 0.1) is 7.11 Å². The lowest BCUT2D eigenvalue weighted by atomic mass is 10.1. The fourth-order valence-corrected chi connectivity index (χ4v) is 1.94. The van der Waals surface area contributed by atoms with Crippen molar-refractivity contribution in [2.45, 2.75) is 32.1 Å². The topological polar surface area (TPSA) is 33.6 Å². The van der Waals surface area contributed by atoms with E-state index in [1.165, 1.54) is 38.6 Å². The van der Waals surface area contributed by atoms with Crippen molar-refractivity contribution in [2.24, 2.45) is 10.9 Å². The van der Waals surface area contributed by atoms with Gasteiger partial charge in [-0.15, -0.1) is 0 Å².